The van der Waals surface area contributed by atoms with Gasteiger partial charge in [-0.1, -0.05) is 6.07 Å². The minimum Gasteiger partial charge on any atom is -0.490 e. The van der Waals surface area contributed by atoms with E-state index in [-0.39, 0.29) is 17.1 Å². The van der Waals surface area contributed by atoms with Crippen LogP contribution in [0.3, 0.4) is 0 Å². The lowest BCUT2D eigenvalue weighted by molar-refractivity contribution is 0.0771. The van der Waals surface area contributed by atoms with Gasteiger partial charge in [0.1, 0.15) is 5.58 Å². The summed E-state index contributed by atoms with van der Waals surface area (Å²) in [4.78, 5) is 27.9. The van der Waals surface area contributed by atoms with E-state index in [2.05, 4.69) is 0 Å². The quantitative estimate of drug-likeness (QED) is 0.628. The van der Waals surface area contributed by atoms with E-state index in [0.717, 1.165) is 16.7 Å². The van der Waals surface area contributed by atoms with E-state index in [1.165, 1.54) is 0 Å². The van der Waals surface area contributed by atoms with Crippen LogP contribution < -0.4 is 14.9 Å². The van der Waals surface area contributed by atoms with Gasteiger partial charge in [-0.25, -0.2) is 0 Å². The molecular weight excluding hydrogens is 382 g/mol. The molecule has 1 aliphatic rings. The predicted octanol–water partition coefficient (Wildman–Crippen LogP) is 4.38. The monoisotopic (exact) mass is 407 g/mol. The number of aryl methyl sites for hydroxylation is 2. The first-order valence-electron chi connectivity index (χ1n) is 10.1. The molecule has 3 aromatic rings. The Hall–Kier alpha value is -3.28. The SMILES string of the molecule is CCOc1ccc(C2c3c(oc4cc(C)c(C)cc4c3=O)C(=O)N2C)cc1OCC. The fourth-order valence-corrected chi connectivity index (χ4v) is 3.97. The molecule has 1 amide bonds. The molecule has 2 aromatic carbocycles. The van der Waals surface area contributed by atoms with E-state index in [1.54, 1.807) is 11.9 Å². The van der Waals surface area contributed by atoms with Crippen LogP contribution in [0.25, 0.3) is 11.0 Å². The highest BCUT2D eigenvalue weighted by molar-refractivity contribution is 5.99. The Morgan fingerprint density at radius 3 is 2.33 bits per heavy atom. The van der Waals surface area contributed by atoms with E-state index < -0.39 is 6.04 Å². The second-order valence-electron chi connectivity index (χ2n) is 7.50. The fourth-order valence-electron chi connectivity index (χ4n) is 3.97. The molecule has 0 saturated carbocycles. The zero-order valence-corrected chi connectivity index (χ0v) is 17.9. The number of carbonyl (C=O) groups excluding carboxylic acids is 1. The Bertz CT molecular complexity index is 1210. The summed E-state index contributed by atoms with van der Waals surface area (Å²) in [7, 11) is 1.68. The van der Waals surface area contributed by atoms with Crippen molar-refractivity contribution in [3.05, 3.63) is 68.6 Å². The van der Waals surface area contributed by atoms with Crippen LogP contribution in [-0.2, 0) is 0 Å². The molecule has 1 unspecified atom stereocenters. The summed E-state index contributed by atoms with van der Waals surface area (Å²) in [5.41, 5.74) is 3.41. The lowest BCUT2D eigenvalue weighted by Gasteiger charge is -2.22. The van der Waals surface area contributed by atoms with Gasteiger partial charge in [-0.05, 0) is 68.7 Å². The van der Waals surface area contributed by atoms with Crippen molar-refractivity contribution in [1.29, 1.82) is 0 Å². The Labute approximate surface area is 175 Å². The Kier molecular flexibility index (Phi) is 5.02. The summed E-state index contributed by atoms with van der Waals surface area (Å²) in [6.45, 7) is 8.70. The van der Waals surface area contributed by atoms with Gasteiger partial charge in [-0.15, -0.1) is 0 Å². The van der Waals surface area contributed by atoms with Crippen molar-refractivity contribution in [2.45, 2.75) is 33.7 Å². The number of fused-ring (bicyclic) bond motifs is 2. The van der Waals surface area contributed by atoms with Crippen molar-refractivity contribution in [3.8, 4) is 11.5 Å². The number of nitrogens with zero attached hydrogens (tertiary/aromatic N) is 1. The number of ether oxygens (including phenoxy) is 2. The molecule has 0 fully saturated rings. The molecule has 2 heterocycles. The van der Waals surface area contributed by atoms with Crippen LogP contribution in [0.15, 0.2) is 39.5 Å². The molecule has 1 aromatic heterocycles. The van der Waals surface area contributed by atoms with Crippen molar-refractivity contribution in [1.82, 2.24) is 4.90 Å². The summed E-state index contributed by atoms with van der Waals surface area (Å²) in [5, 5.41) is 0.487. The third kappa shape index (κ3) is 3.03. The van der Waals surface area contributed by atoms with Gasteiger partial charge in [-0.3, -0.25) is 9.59 Å². The molecule has 1 aliphatic heterocycles. The molecule has 6 nitrogen and oxygen atoms in total. The zero-order valence-electron chi connectivity index (χ0n) is 17.9. The van der Waals surface area contributed by atoms with Gasteiger partial charge in [0.15, 0.2) is 16.9 Å². The first-order chi connectivity index (χ1) is 14.4. The van der Waals surface area contributed by atoms with Gasteiger partial charge in [0.25, 0.3) is 5.91 Å². The van der Waals surface area contributed by atoms with Crippen LogP contribution in [0.4, 0.5) is 0 Å². The second kappa shape index (κ2) is 7.52. The molecule has 4 rings (SSSR count). The minimum atomic E-state index is -0.551. The maximum atomic E-state index is 13.4. The molecule has 0 bridgehead atoms. The van der Waals surface area contributed by atoms with Crippen LogP contribution in [0.1, 0.15) is 52.7 Å². The normalized spacial score (nSPS) is 15.6. The number of carbonyl (C=O) groups is 1. The van der Waals surface area contributed by atoms with Gasteiger partial charge >= 0.3 is 0 Å². The molecule has 0 N–H and O–H groups in total. The number of rotatable bonds is 5. The smallest absolute Gasteiger partial charge is 0.290 e. The van der Waals surface area contributed by atoms with E-state index in [4.69, 9.17) is 13.9 Å². The molecule has 0 saturated heterocycles. The van der Waals surface area contributed by atoms with Crippen LogP contribution >= 0.6 is 0 Å². The van der Waals surface area contributed by atoms with Crippen molar-refractivity contribution in [3.63, 3.8) is 0 Å². The topological polar surface area (TPSA) is 69.0 Å². The van der Waals surface area contributed by atoms with Crippen molar-refractivity contribution in [2.75, 3.05) is 20.3 Å². The predicted molar refractivity (Wildman–Crippen MR) is 115 cm³/mol. The van der Waals surface area contributed by atoms with E-state index in [9.17, 15) is 9.59 Å². The Balaban J connectivity index is 1.93. The lowest BCUT2D eigenvalue weighted by atomic mass is 9.97. The van der Waals surface area contributed by atoms with Crippen LogP contribution in [0.2, 0.25) is 0 Å². The number of benzene rings is 2. The van der Waals surface area contributed by atoms with Crippen LogP contribution in [0, 0.1) is 13.8 Å². The summed E-state index contributed by atoms with van der Waals surface area (Å²) < 4.78 is 17.3. The average molecular weight is 407 g/mol. The highest BCUT2D eigenvalue weighted by Crippen LogP contribution is 2.40. The van der Waals surface area contributed by atoms with E-state index in [0.29, 0.717) is 41.2 Å². The molecule has 156 valence electrons. The van der Waals surface area contributed by atoms with Gasteiger partial charge in [-0.2, -0.15) is 0 Å². The van der Waals surface area contributed by atoms with Crippen molar-refractivity contribution in [2.24, 2.45) is 0 Å². The lowest BCUT2D eigenvalue weighted by Crippen LogP contribution is -2.25. The molecule has 1 atom stereocenters. The average Bonchev–Trinajstić information content (AvgIpc) is 2.97. The summed E-state index contributed by atoms with van der Waals surface area (Å²) in [6.07, 6.45) is 0. The largest absolute Gasteiger partial charge is 0.490 e. The van der Waals surface area contributed by atoms with Gasteiger partial charge in [0, 0.05) is 7.05 Å². The second-order valence-corrected chi connectivity index (χ2v) is 7.50. The van der Waals surface area contributed by atoms with Crippen molar-refractivity contribution >= 4 is 16.9 Å². The van der Waals surface area contributed by atoms with E-state index >= 15 is 0 Å². The standard InChI is InChI=1S/C24H25NO5/c1-6-28-17-9-8-15(12-19(17)29-7-2)21-20-22(26)16-10-13(3)14(4)11-18(16)30-23(20)24(27)25(21)5/h8-12,21H,6-7H2,1-5H3. The third-order valence-corrected chi connectivity index (χ3v) is 5.60. The molecule has 0 radical (unpaired) electrons. The number of amides is 1. The first-order valence-corrected chi connectivity index (χ1v) is 10.1. The number of hydrogen-bond donors (Lipinski definition) is 0. The minimum absolute atomic E-state index is 0.107. The summed E-state index contributed by atoms with van der Waals surface area (Å²) in [6, 6.07) is 8.61. The highest BCUT2D eigenvalue weighted by Gasteiger charge is 2.41. The van der Waals surface area contributed by atoms with Crippen LogP contribution in [0.5, 0.6) is 11.5 Å². The molecule has 6 heteroatoms. The first kappa shape index (κ1) is 20.0. The summed E-state index contributed by atoms with van der Waals surface area (Å²) in [5.74, 6) is 1.02. The van der Waals surface area contributed by atoms with Gasteiger partial charge in [0.05, 0.1) is 30.2 Å². The number of hydrogen-bond acceptors (Lipinski definition) is 5. The zero-order chi connectivity index (χ0) is 21.6. The Morgan fingerprint density at radius 2 is 1.63 bits per heavy atom. The van der Waals surface area contributed by atoms with Crippen molar-refractivity contribution < 1.29 is 18.7 Å². The maximum absolute atomic E-state index is 13.4. The summed E-state index contributed by atoms with van der Waals surface area (Å²) >= 11 is 0. The van der Waals surface area contributed by atoms with E-state index in [1.807, 2.05) is 58.0 Å². The van der Waals surface area contributed by atoms with Gasteiger partial charge < -0.3 is 18.8 Å². The highest BCUT2D eigenvalue weighted by atomic mass is 16.5. The maximum Gasteiger partial charge on any atom is 0.290 e. The molecule has 0 aliphatic carbocycles. The molecular formula is C24H25NO5. The fraction of sp³-hybridized carbons (Fsp3) is 0.333. The molecule has 0 spiro atoms. The van der Waals surface area contributed by atoms with Crippen LogP contribution in [-0.4, -0.2) is 31.1 Å². The molecule has 30 heavy (non-hydrogen) atoms. The Morgan fingerprint density at radius 1 is 0.967 bits per heavy atom. The van der Waals surface area contributed by atoms with Gasteiger partial charge in [0.2, 0.25) is 5.76 Å². The third-order valence-electron chi connectivity index (χ3n) is 5.60.